The number of carbonyl (C=O) groups is 3. The lowest BCUT2D eigenvalue weighted by molar-refractivity contribution is -0.138. The lowest BCUT2D eigenvalue weighted by atomic mass is 9.68. The molecule has 2 aromatic heterocycles. The van der Waals surface area contributed by atoms with E-state index in [9.17, 15) is 14.4 Å². The highest BCUT2D eigenvalue weighted by Gasteiger charge is 2.51. The van der Waals surface area contributed by atoms with Crippen molar-refractivity contribution in [2.24, 2.45) is 11.3 Å². The standard InChI is InChI=1S/C29H31N3O5/c33-26-18-31-28(35)29(26)9-7-19(8-10-29)1-4-23-16-22-15-20(3-6-25(22)37-23)24-5-2-21(17-30-24)27(34)32-11-13-36-14-12-32/h2-3,5-6,15-17,19H,1,4,7-14,18H2,(H,31,35). The maximum Gasteiger partial charge on any atom is 0.255 e. The monoisotopic (exact) mass is 501 g/mol. The zero-order chi connectivity index (χ0) is 25.4. The molecule has 37 heavy (non-hydrogen) atoms. The maximum absolute atomic E-state index is 12.7. The fourth-order valence-electron chi connectivity index (χ4n) is 5.96. The van der Waals surface area contributed by atoms with Crippen molar-refractivity contribution in [2.75, 3.05) is 32.8 Å². The lowest BCUT2D eigenvalue weighted by Crippen LogP contribution is -2.40. The molecule has 1 N–H and O–H groups in total. The van der Waals surface area contributed by atoms with E-state index in [1.165, 1.54) is 0 Å². The van der Waals surface area contributed by atoms with E-state index < -0.39 is 5.41 Å². The number of rotatable bonds is 5. The summed E-state index contributed by atoms with van der Waals surface area (Å²) in [5, 5.41) is 3.75. The molecular weight excluding hydrogens is 470 g/mol. The summed E-state index contributed by atoms with van der Waals surface area (Å²) in [4.78, 5) is 43.5. The zero-order valence-corrected chi connectivity index (χ0v) is 20.8. The molecule has 0 unspecified atom stereocenters. The minimum absolute atomic E-state index is 0.0106. The van der Waals surface area contributed by atoms with Crippen LogP contribution in [0.2, 0.25) is 0 Å². The summed E-state index contributed by atoms with van der Waals surface area (Å²) in [6.45, 7) is 2.56. The summed E-state index contributed by atoms with van der Waals surface area (Å²) in [7, 11) is 0. The number of hydrogen-bond donors (Lipinski definition) is 1. The molecule has 2 aliphatic heterocycles. The highest BCUT2D eigenvalue weighted by molar-refractivity contribution is 6.12. The largest absolute Gasteiger partial charge is 0.461 e. The number of morpholine rings is 1. The van der Waals surface area contributed by atoms with Gasteiger partial charge in [0.1, 0.15) is 16.8 Å². The second-order valence-corrected chi connectivity index (χ2v) is 10.5. The third kappa shape index (κ3) is 4.55. The van der Waals surface area contributed by atoms with Crippen LogP contribution in [0, 0.1) is 11.3 Å². The Balaban J connectivity index is 1.08. The number of nitrogens with one attached hydrogen (secondary N) is 1. The summed E-state index contributed by atoms with van der Waals surface area (Å²) < 4.78 is 11.4. The van der Waals surface area contributed by atoms with E-state index in [0.717, 1.165) is 53.7 Å². The highest BCUT2D eigenvalue weighted by atomic mass is 16.5. The summed E-state index contributed by atoms with van der Waals surface area (Å²) in [5.74, 6) is 1.43. The number of nitrogens with zero attached hydrogens (tertiary/aromatic N) is 2. The van der Waals surface area contributed by atoms with E-state index in [2.05, 4.69) is 22.4 Å². The molecule has 1 aliphatic carbocycles. The van der Waals surface area contributed by atoms with Crippen LogP contribution in [0.25, 0.3) is 22.2 Å². The van der Waals surface area contributed by atoms with Gasteiger partial charge in [-0.1, -0.05) is 0 Å². The molecule has 8 nitrogen and oxygen atoms in total. The number of Topliss-reactive ketones (excluding diaryl/α,β-unsaturated/α-hetero) is 1. The van der Waals surface area contributed by atoms with Crippen molar-refractivity contribution in [3.05, 3.63) is 53.9 Å². The number of aromatic nitrogens is 1. The van der Waals surface area contributed by atoms with E-state index >= 15 is 0 Å². The summed E-state index contributed by atoms with van der Waals surface area (Å²) in [6, 6.07) is 11.8. The Bertz CT molecular complexity index is 1310. The van der Waals surface area contributed by atoms with Crippen LogP contribution in [0.4, 0.5) is 0 Å². The molecule has 8 heteroatoms. The third-order valence-electron chi connectivity index (χ3n) is 8.31. The van der Waals surface area contributed by atoms with E-state index in [-0.39, 0.29) is 24.1 Å². The molecule has 6 rings (SSSR count). The van der Waals surface area contributed by atoms with Crippen molar-refractivity contribution in [1.82, 2.24) is 15.2 Å². The van der Waals surface area contributed by atoms with Crippen molar-refractivity contribution >= 4 is 28.6 Å². The lowest BCUT2D eigenvalue weighted by Gasteiger charge is -2.33. The van der Waals surface area contributed by atoms with Gasteiger partial charge in [-0.25, -0.2) is 0 Å². The van der Waals surface area contributed by atoms with Gasteiger partial charge < -0.3 is 19.4 Å². The SMILES string of the molecule is O=C(c1ccc(-c2ccc3oc(CCC4CCC5(CC4)C(=O)CNC5=O)cc3c2)nc1)N1CCOCC1. The molecule has 3 fully saturated rings. The topological polar surface area (TPSA) is 102 Å². The number of benzene rings is 1. The van der Waals surface area contributed by atoms with Crippen LogP contribution in [0.15, 0.2) is 47.0 Å². The van der Waals surface area contributed by atoms with Crippen LogP contribution in [0.1, 0.15) is 48.2 Å². The average molecular weight is 502 g/mol. The Morgan fingerprint density at radius 1 is 1.08 bits per heavy atom. The molecule has 0 atom stereocenters. The van der Waals surface area contributed by atoms with Gasteiger partial charge in [0.05, 0.1) is 31.0 Å². The maximum atomic E-state index is 12.7. The number of aryl methyl sites for hydroxylation is 1. The third-order valence-corrected chi connectivity index (χ3v) is 8.31. The Morgan fingerprint density at radius 2 is 1.89 bits per heavy atom. The predicted octanol–water partition coefficient (Wildman–Crippen LogP) is 3.78. The van der Waals surface area contributed by atoms with Crippen LogP contribution in [-0.2, 0) is 20.7 Å². The summed E-state index contributed by atoms with van der Waals surface area (Å²) in [5.41, 5.74) is 2.46. The van der Waals surface area contributed by atoms with Crippen molar-refractivity contribution < 1.29 is 23.5 Å². The van der Waals surface area contributed by atoms with Crippen LogP contribution in [0.3, 0.4) is 0 Å². The average Bonchev–Trinajstić information content (AvgIpc) is 3.48. The summed E-state index contributed by atoms with van der Waals surface area (Å²) >= 11 is 0. The Morgan fingerprint density at radius 3 is 2.59 bits per heavy atom. The first-order valence-corrected chi connectivity index (χ1v) is 13.2. The Labute approximate surface area is 215 Å². The second kappa shape index (κ2) is 9.74. The normalized spacial score (nSPS) is 24.1. The van der Waals surface area contributed by atoms with Gasteiger partial charge in [0.15, 0.2) is 5.78 Å². The molecule has 192 valence electrons. The van der Waals surface area contributed by atoms with Gasteiger partial charge in [-0.2, -0.15) is 0 Å². The number of carbonyl (C=O) groups excluding carboxylic acids is 3. The molecule has 1 spiro atoms. The van der Waals surface area contributed by atoms with E-state index in [4.69, 9.17) is 9.15 Å². The Kier molecular flexibility index (Phi) is 6.28. The van der Waals surface area contributed by atoms with Gasteiger partial charge in [-0.3, -0.25) is 19.4 Å². The number of fused-ring (bicyclic) bond motifs is 1. The van der Waals surface area contributed by atoms with Crippen LogP contribution in [0.5, 0.6) is 0 Å². The van der Waals surface area contributed by atoms with Gasteiger partial charge in [0.25, 0.3) is 5.91 Å². The number of amides is 2. The van der Waals surface area contributed by atoms with Gasteiger partial charge in [0.2, 0.25) is 5.91 Å². The first-order valence-electron chi connectivity index (χ1n) is 13.2. The van der Waals surface area contributed by atoms with Crippen LogP contribution in [-0.4, -0.2) is 60.3 Å². The van der Waals surface area contributed by atoms with Crippen molar-refractivity contribution in [3.8, 4) is 11.3 Å². The highest BCUT2D eigenvalue weighted by Crippen LogP contribution is 2.43. The van der Waals surface area contributed by atoms with Gasteiger partial charge >= 0.3 is 0 Å². The fraction of sp³-hybridized carbons (Fsp3) is 0.448. The predicted molar refractivity (Wildman–Crippen MR) is 137 cm³/mol. The Hall–Kier alpha value is -3.52. The molecule has 2 amide bonds. The minimum atomic E-state index is -0.756. The van der Waals surface area contributed by atoms with Gasteiger partial charge in [0, 0.05) is 36.7 Å². The van der Waals surface area contributed by atoms with Crippen molar-refractivity contribution in [1.29, 1.82) is 0 Å². The van der Waals surface area contributed by atoms with Crippen LogP contribution >= 0.6 is 0 Å². The first kappa shape index (κ1) is 23.9. The minimum Gasteiger partial charge on any atom is -0.461 e. The fourth-order valence-corrected chi connectivity index (χ4v) is 5.96. The smallest absolute Gasteiger partial charge is 0.255 e. The van der Waals surface area contributed by atoms with E-state index in [1.54, 1.807) is 11.1 Å². The molecule has 2 saturated heterocycles. The number of ketones is 1. The van der Waals surface area contributed by atoms with E-state index in [1.807, 2.05) is 24.3 Å². The molecule has 1 aromatic carbocycles. The van der Waals surface area contributed by atoms with Gasteiger partial charge in [-0.15, -0.1) is 0 Å². The quantitative estimate of drug-likeness (QED) is 0.534. The molecule has 0 radical (unpaired) electrons. The number of pyridine rings is 1. The first-order chi connectivity index (χ1) is 18.0. The molecule has 4 heterocycles. The zero-order valence-electron chi connectivity index (χ0n) is 20.8. The van der Waals surface area contributed by atoms with Crippen molar-refractivity contribution in [2.45, 2.75) is 38.5 Å². The number of hydrogen-bond acceptors (Lipinski definition) is 6. The molecular formula is C29H31N3O5. The molecule has 0 bridgehead atoms. The second-order valence-electron chi connectivity index (χ2n) is 10.5. The molecule has 3 aliphatic rings. The van der Waals surface area contributed by atoms with Crippen molar-refractivity contribution in [3.63, 3.8) is 0 Å². The number of furan rings is 1. The summed E-state index contributed by atoms with van der Waals surface area (Å²) in [6.07, 6.45) is 6.59. The van der Waals surface area contributed by atoms with Crippen LogP contribution < -0.4 is 5.32 Å². The number of ether oxygens (including phenoxy) is 1. The molecule has 3 aromatic rings. The van der Waals surface area contributed by atoms with E-state index in [0.29, 0.717) is 50.6 Å². The molecule has 1 saturated carbocycles. The van der Waals surface area contributed by atoms with Gasteiger partial charge in [-0.05, 0) is 74.4 Å².